The number of nitrogens with one attached hydrogen (secondary N) is 1. The van der Waals surface area contributed by atoms with E-state index in [1.54, 1.807) is 12.1 Å². The van der Waals surface area contributed by atoms with Crippen LogP contribution in [0.4, 0.5) is 11.6 Å². The molecule has 1 aromatic heterocycles. The van der Waals surface area contributed by atoms with Gasteiger partial charge in [-0.05, 0) is 12.1 Å². The SMILES string of the molecule is CC1(C)CNc2nnc(-c3ccc([N+](=O)[O-])cc3)n2C1. The Morgan fingerprint density at radius 1 is 1.30 bits per heavy atom. The lowest BCUT2D eigenvalue weighted by Crippen LogP contribution is -2.34. The molecule has 2 heterocycles. The topological polar surface area (TPSA) is 85.9 Å². The van der Waals surface area contributed by atoms with Crippen molar-refractivity contribution in [1.29, 1.82) is 0 Å². The summed E-state index contributed by atoms with van der Waals surface area (Å²) >= 11 is 0. The molecule has 0 spiro atoms. The van der Waals surface area contributed by atoms with E-state index in [1.807, 2.05) is 4.57 Å². The first-order chi connectivity index (χ1) is 9.46. The maximum absolute atomic E-state index is 10.7. The highest BCUT2D eigenvalue weighted by molar-refractivity contribution is 5.59. The van der Waals surface area contributed by atoms with Crippen molar-refractivity contribution < 1.29 is 4.92 Å². The van der Waals surface area contributed by atoms with Crippen LogP contribution in [-0.2, 0) is 6.54 Å². The number of hydrogen-bond donors (Lipinski definition) is 1. The third-order valence-electron chi connectivity index (χ3n) is 3.40. The van der Waals surface area contributed by atoms with Gasteiger partial charge in [0.15, 0.2) is 5.82 Å². The van der Waals surface area contributed by atoms with Crippen LogP contribution in [-0.4, -0.2) is 26.2 Å². The summed E-state index contributed by atoms with van der Waals surface area (Å²) in [7, 11) is 0. The highest BCUT2D eigenvalue weighted by atomic mass is 16.6. The lowest BCUT2D eigenvalue weighted by Gasteiger charge is -2.31. The third kappa shape index (κ3) is 2.11. The van der Waals surface area contributed by atoms with Crippen molar-refractivity contribution in [3.63, 3.8) is 0 Å². The number of rotatable bonds is 2. The van der Waals surface area contributed by atoms with Crippen LogP contribution in [0.2, 0.25) is 0 Å². The standard InChI is InChI=1S/C13H15N5O2/c1-13(2)7-14-12-16-15-11(17(12)8-13)9-3-5-10(6-4-9)18(19)20/h3-6H,7-8H2,1-2H3,(H,14,16). The highest BCUT2D eigenvalue weighted by Gasteiger charge is 2.28. The number of anilines is 1. The smallest absolute Gasteiger partial charge is 0.269 e. The molecule has 104 valence electrons. The van der Waals surface area contributed by atoms with Gasteiger partial charge in [-0.15, -0.1) is 10.2 Å². The Balaban J connectivity index is 1.99. The quantitative estimate of drug-likeness (QED) is 0.670. The molecule has 7 heteroatoms. The zero-order valence-corrected chi connectivity index (χ0v) is 11.3. The first-order valence-electron chi connectivity index (χ1n) is 6.38. The Morgan fingerprint density at radius 2 is 2.00 bits per heavy atom. The maximum atomic E-state index is 10.7. The number of benzene rings is 1. The van der Waals surface area contributed by atoms with Gasteiger partial charge >= 0.3 is 0 Å². The summed E-state index contributed by atoms with van der Waals surface area (Å²) in [5.74, 6) is 1.48. The molecule has 1 aromatic carbocycles. The molecule has 7 nitrogen and oxygen atoms in total. The zero-order valence-electron chi connectivity index (χ0n) is 11.3. The number of nitro groups is 1. The van der Waals surface area contributed by atoms with E-state index in [0.717, 1.165) is 30.4 Å². The molecule has 2 aromatic rings. The first kappa shape index (κ1) is 12.6. The highest BCUT2D eigenvalue weighted by Crippen LogP contribution is 2.30. The summed E-state index contributed by atoms with van der Waals surface area (Å²) in [6, 6.07) is 6.38. The molecule has 3 rings (SSSR count). The molecule has 0 bridgehead atoms. The minimum Gasteiger partial charge on any atom is -0.354 e. The van der Waals surface area contributed by atoms with Crippen LogP contribution in [0.3, 0.4) is 0 Å². The summed E-state index contributed by atoms with van der Waals surface area (Å²) in [5.41, 5.74) is 1.02. The van der Waals surface area contributed by atoms with Gasteiger partial charge < -0.3 is 5.32 Å². The van der Waals surface area contributed by atoms with Crippen LogP contribution in [0.15, 0.2) is 24.3 Å². The molecule has 1 aliphatic heterocycles. The van der Waals surface area contributed by atoms with Gasteiger partial charge in [0.25, 0.3) is 5.69 Å². The Labute approximate surface area is 115 Å². The number of nitro benzene ring substituents is 1. The van der Waals surface area contributed by atoms with E-state index >= 15 is 0 Å². The summed E-state index contributed by atoms with van der Waals surface area (Å²) in [5, 5.41) is 22.2. The molecular formula is C13H15N5O2. The summed E-state index contributed by atoms with van der Waals surface area (Å²) in [4.78, 5) is 10.3. The van der Waals surface area contributed by atoms with Crippen LogP contribution in [0.25, 0.3) is 11.4 Å². The molecule has 0 fully saturated rings. The summed E-state index contributed by atoms with van der Waals surface area (Å²) < 4.78 is 2.02. The van der Waals surface area contributed by atoms with E-state index in [-0.39, 0.29) is 11.1 Å². The number of aromatic nitrogens is 3. The van der Waals surface area contributed by atoms with E-state index in [4.69, 9.17) is 0 Å². The van der Waals surface area contributed by atoms with E-state index in [0.29, 0.717) is 0 Å². The number of nitrogens with zero attached hydrogens (tertiary/aromatic N) is 4. The van der Waals surface area contributed by atoms with E-state index in [2.05, 4.69) is 29.4 Å². The largest absolute Gasteiger partial charge is 0.354 e. The fraction of sp³-hybridized carbons (Fsp3) is 0.385. The average Bonchev–Trinajstić information content (AvgIpc) is 2.80. The summed E-state index contributed by atoms with van der Waals surface area (Å²) in [6.45, 7) is 6.01. The van der Waals surface area contributed by atoms with Crippen molar-refractivity contribution in [2.24, 2.45) is 5.41 Å². The number of non-ortho nitro benzene ring substituents is 1. The molecule has 0 radical (unpaired) electrons. The van der Waals surface area contributed by atoms with Crippen molar-refractivity contribution in [2.45, 2.75) is 20.4 Å². The lowest BCUT2D eigenvalue weighted by molar-refractivity contribution is -0.384. The first-order valence-corrected chi connectivity index (χ1v) is 6.38. The molecule has 0 atom stereocenters. The lowest BCUT2D eigenvalue weighted by atomic mass is 9.92. The molecule has 0 unspecified atom stereocenters. The Morgan fingerprint density at radius 3 is 2.65 bits per heavy atom. The Bertz CT molecular complexity index is 660. The second-order valence-electron chi connectivity index (χ2n) is 5.76. The maximum Gasteiger partial charge on any atom is 0.269 e. The van der Waals surface area contributed by atoms with Crippen LogP contribution in [0, 0.1) is 15.5 Å². The van der Waals surface area contributed by atoms with Crippen LogP contribution in [0.1, 0.15) is 13.8 Å². The van der Waals surface area contributed by atoms with Gasteiger partial charge in [-0.3, -0.25) is 14.7 Å². The Kier molecular flexibility index (Phi) is 2.70. The third-order valence-corrected chi connectivity index (χ3v) is 3.40. The van der Waals surface area contributed by atoms with Gasteiger partial charge in [0.05, 0.1) is 4.92 Å². The van der Waals surface area contributed by atoms with Gasteiger partial charge in [-0.1, -0.05) is 13.8 Å². The van der Waals surface area contributed by atoms with Gasteiger partial charge in [-0.25, -0.2) is 0 Å². The van der Waals surface area contributed by atoms with E-state index in [1.165, 1.54) is 12.1 Å². The molecule has 1 aliphatic rings. The summed E-state index contributed by atoms with van der Waals surface area (Å²) in [6.07, 6.45) is 0. The van der Waals surface area contributed by atoms with Gasteiger partial charge in [0.1, 0.15) is 0 Å². The fourth-order valence-corrected chi connectivity index (χ4v) is 2.33. The molecule has 0 aliphatic carbocycles. The van der Waals surface area contributed by atoms with Crippen molar-refractivity contribution >= 4 is 11.6 Å². The number of fused-ring (bicyclic) bond motifs is 1. The predicted octanol–water partition coefficient (Wildman–Crippen LogP) is 2.30. The van der Waals surface area contributed by atoms with Gasteiger partial charge in [0, 0.05) is 36.2 Å². The molecule has 20 heavy (non-hydrogen) atoms. The van der Waals surface area contributed by atoms with Crippen LogP contribution in [0.5, 0.6) is 0 Å². The fourth-order valence-electron chi connectivity index (χ4n) is 2.33. The van der Waals surface area contributed by atoms with E-state index < -0.39 is 4.92 Å². The second kappa shape index (κ2) is 4.29. The normalized spacial score (nSPS) is 16.3. The van der Waals surface area contributed by atoms with Crippen molar-refractivity contribution in [3.05, 3.63) is 34.4 Å². The average molecular weight is 273 g/mol. The molecule has 1 N–H and O–H groups in total. The minimum absolute atomic E-state index is 0.0746. The monoisotopic (exact) mass is 273 g/mol. The minimum atomic E-state index is -0.409. The Hall–Kier alpha value is -2.44. The molecule has 0 saturated carbocycles. The molecule has 0 saturated heterocycles. The van der Waals surface area contributed by atoms with Gasteiger partial charge in [0.2, 0.25) is 5.95 Å². The van der Waals surface area contributed by atoms with Crippen LogP contribution >= 0.6 is 0 Å². The van der Waals surface area contributed by atoms with Crippen molar-refractivity contribution in [1.82, 2.24) is 14.8 Å². The van der Waals surface area contributed by atoms with Crippen LogP contribution < -0.4 is 5.32 Å². The second-order valence-corrected chi connectivity index (χ2v) is 5.76. The molecular weight excluding hydrogens is 258 g/mol. The van der Waals surface area contributed by atoms with E-state index in [9.17, 15) is 10.1 Å². The zero-order chi connectivity index (χ0) is 14.3. The van der Waals surface area contributed by atoms with Gasteiger partial charge in [-0.2, -0.15) is 0 Å². The van der Waals surface area contributed by atoms with Crippen molar-refractivity contribution in [3.8, 4) is 11.4 Å². The molecule has 0 amide bonds. The predicted molar refractivity (Wildman–Crippen MR) is 74.4 cm³/mol. The van der Waals surface area contributed by atoms with Crippen molar-refractivity contribution in [2.75, 3.05) is 11.9 Å². The number of hydrogen-bond acceptors (Lipinski definition) is 5.